The standard InChI is InChI=1S/C15H10Cl2N2O4/c16-10-3-6-12(17)13(7-10)18-15(21)8-14(20)9-1-4-11(5-2-9)19(22)23/h1-7H,8H2,(H,18,21). The molecular weight excluding hydrogens is 343 g/mol. The molecule has 0 unspecified atom stereocenters. The van der Waals surface area contributed by atoms with Crippen molar-refractivity contribution in [3.8, 4) is 0 Å². The Morgan fingerprint density at radius 2 is 1.74 bits per heavy atom. The van der Waals surface area contributed by atoms with Crippen LogP contribution in [0.2, 0.25) is 10.0 Å². The third-order valence-corrected chi connectivity index (χ3v) is 3.49. The predicted octanol–water partition coefficient (Wildman–Crippen LogP) is 4.11. The Kier molecular flexibility index (Phi) is 5.31. The summed E-state index contributed by atoms with van der Waals surface area (Å²) in [5, 5.41) is 13.7. The highest BCUT2D eigenvalue weighted by Crippen LogP contribution is 2.25. The van der Waals surface area contributed by atoms with Crippen molar-refractivity contribution < 1.29 is 14.5 Å². The maximum absolute atomic E-state index is 12.0. The Morgan fingerprint density at radius 1 is 1.09 bits per heavy atom. The molecule has 8 heteroatoms. The van der Waals surface area contributed by atoms with Crippen LogP contribution < -0.4 is 5.32 Å². The number of non-ortho nitro benzene ring substituents is 1. The number of ketones is 1. The van der Waals surface area contributed by atoms with E-state index < -0.39 is 23.0 Å². The molecule has 6 nitrogen and oxygen atoms in total. The van der Waals surface area contributed by atoms with Crippen LogP contribution in [0, 0.1) is 10.1 Å². The summed E-state index contributed by atoms with van der Waals surface area (Å²) in [6, 6.07) is 9.59. The number of halogens is 2. The lowest BCUT2D eigenvalue weighted by Crippen LogP contribution is -2.16. The van der Waals surface area contributed by atoms with Gasteiger partial charge < -0.3 is 5.32 Å². The summed E-state index contributed by atoms with van der Waals surface area (Å²) in [5.74, 6) is -1.02. The number of benzene rings is 2. The fourth-order valence-corrected chi connectivity index (χ4v) is 2.14. The third kappa shape index (κ3) is 4.51. The second kappa shape index (κ2) is 7.21. The lowest BCUT2D eigenvalue weighted by Gasteiger charge is -2.07. The number of anilines is 1. The first-order chi connectivity index (χ1) is 10.9. The molecule has 23 heavy (non-hydrogen) atoms. The summed E-state index contributed by atoms with van der Waals surface area (Å²) < 4.78 is 0. The average Bonchev–Trinajstić information content (AvgIpc) is 2.51. The molecule has 0 fully saturated rings. The van der Waals surface area contributed by atoms with Gasteiger partial charge in [0.2, 0.25) is 5.91 Å². The van der Waals surface area contributed by atoms with Gasteiger partial charge in [-0.1, -0.05) is 23.2 Å². The SMILES string of the molecule is O=C(CC(=O)c1ccc([N+](=O)[O-])cc1)Nc1cc(Cl)ccc1Cl. The largest absolute Gasteiger partial charge is 0.324 e. The molecule has 0 saturated heterocycles. The molecule has 0 aromatic heterocycles. The second-order valence-corrected chi connectivity index (χ2v) is 5.42. The molecule has 0 saturated carbocycles. The van der Waals surface area contributed by atoms with Crippen LogP contribution in [0.3, 0.4) is 0 Å². The monoisotopic (exact) mass is 352 g/mol. The Labute approximate surface area is 141 Å². The van der Waals surface area contributed by atoms with Gasteiger partial charge >= 0.3 is 0 Å². The average molecular weight is 353 g/mol. The van der Waals surface area contributed by atoms with Crippen molar-refractivity contribution >= 4 is 46.3 Å². The minimum absolute atomic E-state index is 0.128. The summed E-state index contributed by atoms with van der Waals surface area (Å²) in [4.78, 5) is 33.9. The number of hydrogen-bond donors (Lipinski definition) is 1. The van der Waals surface area contributed by atoms with Gasteiger partial charge in [0.15, 0.2) is 5.78 Å². The molecule has 118 valence electrons. The van der Waals surface area contributed by atoms with Gasteiger partial charge in [-0.2, -0.15) is 0 Å². The number of hydrogen-bond acceptors (Lipinski definition) is 4. The van der Waals surface area contributed by atoms with Crippen molar-refractivity contribution in [1.82, 2.24) is 0 Å². The van der Waals surface area contributed by atoms with Crippen LogP contribution in [-0.2, 0) is 4.79 Å². The Hall–Kier alpha value is -2.44. The fourth-order valence-electron chi connectivity index (χ4n) is 1.80. The van der Waals surface area contributed by atoms with Gasteiger partial charge in [-0.15, -0.1) is 0 Å². The minimum atomic E-state index is -0.567. The number of nitro groups is 1. The van der Waals surface area contributed by atoms with Crippen LogP contribution in [0.25, 0.3) is 0 Å². The number of rotatable bonds is 5. The fraction of sp³-hybridized carbons (Fsp3) is 0.0667. The lowest BCUT2D eigenvalue weighted by atomic mass is 10.1. The third-order valence-electron chi connectivity index (χ3n) is 2.92. The number of Topliss-reactive ketones (excluding diaryl/α,β-unsaturated/α-hetero) is 1. The van der Waals surface area contributed by atoms with Crippen molar-refractivity contribution in [2.24, 2.45) is 0 Å². The van der Waals surface area contributed by atoms with Crippen molar-refractivity contribution in [2.75, 3.05) is 5.32 Å². The maximum atomic E-state index is 12.0. The van der Waals surface area contributed by atoms with Crippen molar-refractivity contribution in [3.05, 3.63) is 68.2 Å². The number of carbonyl (C=O) groups excluding carboxylic acids is 2. The summed E-state index contributed by atoms with van der Waals surface area (Å²) >= 11 is 11.7. The van der Waals surface area contributed by atoms with E-state index in [0.29, 0.717) is 15.7 Å². The van der Waals surface area contributed by atoms with E-state index in [-0.39, 0.29) is 11.3 Å². The van der Waals surface area contributed by atoms with Crippen LogP contribution in [-0.4, -0.2) is 16.6 Å². The number of nitrogens with zero attached hydrogens (tertiary/aromatic N) is 1. The molecule has 0 heterocycles. The van der Waals surface area contributed by atoms with E-state index in [2.05, 4.69) is 5.32 Å². The Bertz CT molecular complexity index is 776. The molecule has 0 spiro atoms. The smallest absolute Gasteiger partial charge is 0.269 e. The zero-order chi connectivity index (χ0) is 17.0. The molecule has 0 radical (unpaired) electrons. The first kappa shape index (κ1) is 16.9. The number of nitro benzene ring substituents is 1. The van der Waals surface area contributed by atoms with E-state index in [9.17, 15) is 19.7 Å². The van der Waals surface area contributed by atoms with Crippen molar-refractivity contribution in [3.63, 3.8) is 0 Å². The van der Waals surface area contributed by atoms with E-state index >= 15 is 0 Å². The minimum Gasteiger partial charge on any atom is -0.324 e. The first-order valence-corrected chi connectivity index (χ1v) is 7.15. The molecule has 2 aromatic rings. The van der Waals surface area contributed by atoms with E-state index in [1.807, 2.05) is 0 Å². The van der Waals surface area contributed by atoms with Gasteiger partial charge in [-0.25, -0.2) is 0 Å². The molecule has 0 bridgehead atoms. The number of amides is 1. The van der Waals surface area contributed by atoms with Crippen molar-refractivity contribution in [1.29, 1.82) is 0 Å². The van der Waals surface area contributed by atoms with Crippen LogP contribution in [0.4, 0.5) is 11.4 Å². The van der Waals surface area contributed by atoms with E-state index in [0.717, 1.165) is 0 Å². The second-order valence-electron chi connectivity index (χ2n) is 4.58. The highest BCUT2D eigenvalue weighted by atomic mass is 35.5. The molecule has 2 aromatic carbocycles. The van der Waals surface area contributed by atoms with Gasteiger partial charge in [0.1, 0.15) is 0 Å². The summed E-state index contributed by atoms with van der Waals surface area (Å²) in [5.41, 5.74) is 0.389. The van der Waals surface area contributed by atoms with Crippen molar-refractivity contribution in [2.45, 2.75) is 6.42 Å². The first-order valence-electron chi connectivity index (χ1n) is 6.39. The molecule has 0 atom stereocenters. The van der Waals surface area contributed by atoms with Crippen LogP contribution in [0.1, 0.15) is 16.8 Å². The van der Waals surface area contributed by atoms with E-state index in [1.54, 1.807) is 6.07 Å². The van der Waals surface area contributed by atoms with Crippen LogP contribution in [0.15, 0.2) is 42.5 Å². The summed E-state index contributed by atoms with van der Waals surface area (Å²) in [7, 11) is 0. The normalized spacial score (nSPS) is 10.2. The molecule has 0 aliphatic rings. The molecule has 0 aliphatic heterocycles. The molecular formula is C15H10Cl2N2O4. The zero-order valence-electron chi connectivity index (χ0n) is 11.6. The van der Waals surface area contributed by atoms with Gasteiger partial charge in [0, 0.05) is 22.7 Å². The van der Waals surface area contributed by atoms with Gasteiger partial charge in [0.05, 0.1) is 22.1 Å². The molecule has 0 aliphatic carbocycles. The quantitative estimate of drug-likeness (QED) is 0.379. The Morgan fingerprint density at radius 3 is 2.35 bits per heavy atom. The predicted molar refractivity (Wildman–Crippen MR) is 87.1 cm³/mol. The topological polar surface area (TPSA) is 89.3 Å². The highest BCUT2D eigenvalue weighted by Gasteiger charge is 2.14. The van der Waals surface area contributed by atoms with Crippen LogP contribution in [0.5, 0.6) is 0 Å². The van der Waals surface area contributed by atoms with E-state index in [4.69, 9.17) is 23.2 Å². The lowest BCUT2D eigenvalue weighted by molar-refractivity contribution is -0.384. The zero-order valence-corrected chi connectivity index (χ0v) is 13.1. The van der Waals surface area contributed by atoms with Crippen LogP contribution >= 0.6 is 23.2 Å². The van der Waals surface area contributed by atoms with E-state index in [1.165, 1.54) is 36.4 Å². The van der Waals surface area contributed by atoms with Gasteiger partial charge in [0.25, 0.3) is 5.69 Å². The Balaban J connectivity index is 2.03. The molecule has 2 rings (SSSR count). The molecule has 1 amide bonds. The summed E-state index contributed by atoms with van der Waals surface area (Å²) in [6.45, 7) is 0. The van der Waals surface area contributed by atoms with Gasteiger partial charge in [-0.3, -0.25) is 19.7 Å². The molecule has 1 N–H and O–H groups in total. The maximum Gasteiger partial charge on any atom is 0.269 e. The number of carbonyl (C=O) groups is 2. The highest BCUT2D eigenvalue weighted by molar-refractivity contribution is 6.35. The summed E-state index contributed by atoms with van der Waals surface area (Å²) in [6.07, 6.45) is -0.416. The van der Waals surface area contributed by atoms with Gasteiger partial charge in [-0.05, 0) is 30.3 Å². The number of nitrogens with one attached hydrogen (secondary N) is 1.